The van der Waals surface area contributed by atoms with E-state index in [1.165, 1.54) is 17.8 Å². The molecule has 0 saturated heterocycles. The highest BCUT2D eigenvalue weighted by Gasteiger charge is 2.16. The average molecular weight is 299 g/mol. The molecule has 92 valence electrons. The van der Waals surface area contributed by atoms with E-state index in [0.717, 1.165) is 4.90 Å². The van der Waals surface area contributed by atoms with Crippen molar-refractivity contribution >= 4 is 40.9 Å². The molecule has 5 heteroatoms. The SMILES string of the molecule is O=C(O)c1cc(Cl)cc(Cl)c1Sc1ccccc1. The number of hydrogen-bond acceptors (Lipinski definition) is 2. The molecule has 0 amide bonds. The number of carboxylic acid groups (broad SMARTS) is 1. The molecule has 0 bridgehead atoms. The van der Waals surface area contributed by atoms with Gasteiger partial charge in [-0.3, -0.25) is 0 Å². The molecule has 0 spiro atoms. The zero-order valence-corrected chi connectivity index (χ0v) is 11.4. The van der Waals surface area contributed by atoms with Gasteiger partial charge < -0.3 is 5.11 Å². The first-order chi connectivity index (χ1) is 8.58. The smallest absolute Gasteiger partial charge is 0.336 e. The van der Waals surface area contributed by atoms with Crippen LogP contribution in [0.1, 0.15) is 10.4 Å². The molecule has 2 nitrogen and oxygen atoms in total. The largest absolute Gasteiger partial charge is 0.478 e. The third kappa shape index (κ3) is 2.99. The van der Waals surface area contributed by atoms with E-state index in [1.54, 1.807) is 6.07 Å². The zero-order chi connectivity index (χ0) is 13.1. The van der Waals surface area contributed by atoms with Crippen LogP contribution in [-0.2, 0) is 0 Å². The van der Waals surface area contributed by atoms with Crippen LogP contribution in [0, 0.1) is 0 Å². The minimum absolute atomic E-state index is 0.112. The second kappa shape index (κ2) is 5.65. The van der Waals surface area contributed by atoms with Crippen molar-refractivity contribution in [3.8, 4) is 0 Å². The summed E-state index contributed by atoms with van der Waals surface area (Å²) in [6.45, 7) is 0. The third-order valence-electron chi connectivity index (χ3n) is 2.20. The molecule has 0 unspecified atom stereocenters. The summed E-state index contributed by atoms with van der Waals surface area (Å²) in [6, 6.07) is 12.4. The molecular weight excluding hydrogens is 291 g/mol. The zero-order valence-electron chi connectivity index (χ0n) is 9.06. The number of carboxylic acids is 1. The summed E-state index contributed by atoms with van der Waals surface area (Å²) in [6.07, 6.45) is 0. The fourth-order valence-corrected chi connectivity index (χ4v) is 2.98. The standard InChI is InChI=1S/C13H8Cl2O2S/c14-8-6-10(13(16)17)12(11(15)7-8)18-9-4-2-1-3-5-9/h1-7H,(H,16,17). The Morgan fingerprint density at radius 3 is 2.39 bits per heavy atom. The van der Waals surface area contributed by atoms with Gasteiger partial charge in [0.25, 0.3) is 0 Å². The molecule has 1 N–H and O–H groups in total. The first-order valence-corrected chi connectivity index (χ1v) is 6.60. The third-order valence-corrected chi connectivity index (χ3v) is 3.98. The molecule has 0 fully saturated rings. The molecule has 0 aliphatic heterocycles. The summed E-state index contributed by atoms with van der Waals surface area (Å²) in [5, 5.41) is 9.82. The summed E-state index contributed by atoms with van der Waals surface area (Å²) in [7, 11) is 0. The molecule has 0 saturated carbocycles. The minimum atomic E-state index is -1.04. The van der Waals surface area contributed by atoms with Crippen LogP contribution < -0.4 is 0 Å². The predicted molar refractivity (Wildman–Crippen MR) is 74.0 cm³/mol. The molecule has 18 heavy (non-hydrogen) atoms. The van der Waals surface area contributed by atoms with Crippen molar-refractivity contribution in [1.82, 2.24) is 0 Å². The van der Waals surface area contributed by atoms with Crippen LogP contribution in [0.15, 0.2) is 52.3 Å². The number of benzene rings is 2. The van der Waals surface area contributed by atoms with Crippen molar-refractivity contribution < 1.29 is 9.90 Å². The van der Waals surface area contributed by atoms with Crippen molar-refractivity contribution in [2.24, 2.45) is 0 Å². The molecule has 0 aliphatic carbocycles. The topological polar surface area (TPSA) is 37.3 Å². The van der Waals surface area contributed by atoms with E-state index in [-0.39, 0.29) is 5.56 Å². The number of aromatic carboxylic acids is 1. The minimum Gasteiger partial charge on any atom is -0.478 e. The molecular formula is C13H8Cl2O2S. The Hall–Kier alpha value is -1.16. The highest BCUT2D eigenvalue weighted by Crippen LogP contribution is 2.37. The van der Waals surface area contributed by atoms with E-state index < -0.39 is 5.97 Å². The average Bonchev–Trinajstić information content (AvgIpc) is 2.33. The second-order valence-corrected chi connectivity index (χ2v) is 5.41. The van der Waals surface area contributed by atoms with Crippen LogP contribution in [0.25, 0.3) is 0 Å². The maximum Gasteiger partial charge on any atom is 0.336 e. The van der Waals surface area contributed by atoms with Crippen molar-refractivity contribution in [3.05, 3.63) is 58.1 Å². The number of rotatable bonds is 3. The Morgan fingerprint density at radius 2 is 1.78 bits per heavy atom. The van der Waals surface area contributed by atoms with Crippen LogP contribution >= 0.6 is 35.0 Å². The first-order valence-electron chi connectivity index (χ1n) is 5.03. The van der Waals surface area contributed by atoms with E-state index in [0.29, 0.717) is 14.9 Å². The van der Waals surface area contributed by atoms with Gasteiger partial charge in [0.1, 0.15) is 0 Å². The second-order valence-electron chi connectivity index (χ2n) is 3.48. The Bertz CT molecular complexity index is 585. The molecule has 0 aromatic heterocycles. The van der Waals surface area contributed by atoms with Gasteiger partial charge in [-0.1, -0.05) is 53.2 Å². The van der Waals surface area contributed by atoms with E-state index in [9.17, 15) is 4.79 Å². The number of carbonyl (C=O) groups is 1. The van der Waals surface area contributed by atoms with Crippen molar-refractivity contribution in [2.75, 3.05) is 0 Å². The molecule has 2 aromatic carbocycles. The molecule has 0 atom stereocenters. The van der Waals surface area contributed by atoms with Gasteiger partial charge in [-0.25, -0.2) is 4.79 Å². The van der Waals surface area contributed by atoms with Crippen LogP contribution in [-0.4, -0.2) is 11.1 Å². The van der Waals surface area contributed by atoms with E-state index >= 15 is 0 Å². The van der Waals surface area contributed by atoms with Crippen LogP contribution in [0.3, 0.4) is 0 Å². The highest BCUT2D eigenvalue weighted by molar-refractivity contribution is 7.99. The summed E-state index contributed by atoms with van der Waals surface area (Å²) >= 11 is 13.2. The van der Waals surface area contributed by atoms with Gasteiger partial charge in [-0.15, -0.1) is 0 Å². The Labute approximate surface area is 119 Å². The number of hydrogen-bond donors (Lipinski definition) is 1. The normalized spacial score (nSPS) is 10.3. The lowest BCUT2D eigenvalue weighted by Gasteiger charge is -2.08. The lowest BCUT2D eigenvalue weighted by Crippen LogP contribution is -1.99. The van der Waals surface area contributed by atoms with Crippen molar-refractivity contribution in [3.63, 3.8) is 0 Å². The summed E-state index contributed by atoms with van der Waals surface area (Å²) in [4.78, 5) is 12.6. The van der Waals surface area contributed by atoms with Gasteiger partial charge in [0.2, 0.25) is 0 Å². The van der Waals surface area contributed by atoms with E-state index in [4.69, 9.17) is 28.3 Å². The van der Waals surface area contributed by atoms with Gasteiger partial charge in [0, 0.05) is 14.8 Å². The lowest BCUT2D eigenvalue weighted by atomic mass is 10.2. The van der Waals surface area contributed by atoms with Gasteiger partial charge in [-0.2, -0.15) is 0 Å². The van der Waals surface area contributed by atoms with Crippen molar-refractivity contribution in [1.29, 1.82) is 0 Å². The van der Waals surface area contributed by atoms with Crippen LogP contribution in [0.2, 0.25) is 10.0 Å². The van der Waals surface area contributed by atoms with E-state index in [2.05, 4.69) is 0 Å². The quantitative estimate of drug-likeness (QED) is 0.881. The van der Waals surface area contributed by atoms with Gasteiger partial charge in [-0.05, 0) is 24.3 Å². The van der Waals surface area contributed by atoms with Gasteiger partial charge >= 0.3 is 5.97 Å². The summed E-state index contributed by atoms with van der Waals surface area (Å²) in [5.74, 6) is -1.04. The number of halogens is 2. The van der Waals surface area contributed by atoms with Gasteiger partial charge in [0.05, 0.1) is 10.6 Å². The predicted octanol–water partition coefficient (Wildman–Crippen LogP) is 4.84. The maximum atomic E-state index is 11.2. The Kier molecular flexibility index (Phi) is 4.17. The van der Waals surface area contributed by atoms with Gasteiger partial charge in [0.15, 0.2) is 0 Å². The Balaban J connectivity index is 2.47. The Morgan fingerprint density at radius 1 is 1.11 bits per heavy atom. The maximum absolute atomic E-state index is 11.2. The fourth-order valence-electron chi connectivity index (χ4n) is 1.43. The van der Waals surface area contributed by atoms with E-state index in [1.807, 2.05) is 30.3 Å². The molecule has 2 rings (SSSR count). The summed E-state index contributed by atoms with van der Waals surface area (Å²) in [5.41, 5.74) is 0.112. The fraction of sp³-hybridized carbons (Fsp3) is 0. The molecule has 2 aromatic rings. The van der Waals surface area contributed by atoms with Crippen LogP contribution in [0.5, 0.6) is 0 Å². The van der Waals surface area contributed by atoms with Crippen molar-refractivity contribution in [2.45, 2.75) is 9.79 Å². The monoisotopic (exact) mass is 298 g/mol. The molecule has 0 aliphatic rings. The molecule has 0 radical (unpaired) electrons. The lowest BCUT2D eigenvalue weighted by molar-refractivity contribution is 0.0693. The molecule has 0 heterocycles. The summed E-state index contributed by atoms with van der Waals surface area (Å²) < 4.78 is 0. The van der Waals surface area contributed by atoms with Crippen LogP contribution in [0.4, 0.5) is 0 Å². The first kappa shape index (κ1) is 13.3. The highest BCUT2D eigenvalue weighted by atomic mass is 35.5.